The molecule has 3 heterocycles. The molecule has 0 saturated heterocycles. The molecule has 2 aliphatic carbocycles. The van der Waals surface area contributed by atoms with Gasteiger partial charge in [0.2, 0.25) is 16.0 Å². The van der Waals surface area contributed by atoms with Crippen LogP contribution in [-0.2, 0) is 37.9 Å². The number of nitrogens with zero attached hydrogens (tertiary/aromatic N) is 6. The van der Waals surface area contributed by atoms with Crippen molar-refractivity contribution in [2.45, 2.75) is 62.3 Å². The van der Waals surface area contributed by atoms with Gasteiger partial charge in [0.25, 0.3) is 0 Å². The van der Waals surface area contributed by atoms with Crippen LogP contribution in [0.25, 0.3) is 11.5 Å². The minimum absolute atomic E-state index is 0.121. The van der Waals surface area contributed by atoms with Gasteiger partial charge in [-0.3, -0.25) is 14.4 Å². The first kappa shape index (κ1) is 25.1. The number of H-pyrrole nitrogens is 1. The molecule has 194 valence electrons. The number of fused-ring (bicyclic) bond motifs is 1. The van der Waals surface area contributed by atoms with Gasteiger partial charge in [-0.25, -0.2) is 18.4 Å². The van der Waals surface area contributed by atoms with Gasteiger partial charge in [0.1, 0.15) is 17.0 Å². The van der Waals surface area contributed by atoms with Crippen molar-refractivity contribution in [3.05, 3.63) is 34.5 Å². The molecule has 1 fully saturated rings. The van der Waals surface area contributed by atoms with E-state index in [0.717, 1.165) is 49.8 Å². The number of aromatic amines is 1. The Labute approximate surface area is 214 Å². The second kappa shape index (κ2) is 9.69. The topological polar surface area (TPSA) is 150 Å². The van der Waals surface area contributed by atoms with E-state index >= 15 is 0 Å². The maximum Gasteiger partial charge on any atom is 0.240 e. The summed E-state index contributed by atoms with van der Waals surface area (Å²) in [6, 6.07) is 0. The van der Waals surface area contributed by atoms with Crippen LogP contribution in [0.15, 0.2) is 12.4 Å². The Balaban J connectivity index is 1.53. The predicted octanol–water partition coefficient (Wildman–Crippen LogP) is 2.64. The van der Waals surface area contributed by atoms with E-state index in [1.54, 1.807) is 7.11 Å². The zero-order valence-corrected chi connectivity index (χ0v) is 21.9. The Morgan fingerprint density at radius 1 is 1.19 bits per heavy atom. The maximum atomic E-state index is 13.6. The quantitative estimate of drug-likeness (QED) is 0.398. The summed E-state index contributed by atoms with van der Waals surface area (Å²) in [6.45, 7) is 1.93. The number of methoxy groups -OCH3 is 2. The van der Waals surface area contributed by atoms with E-state index in [1.807, 2.05) is 4.57 Å². The molecular formula is C22H29ClN8O4S. The van der Waals surface area contributed by atoms with Crippen LogP contribution in [-0.4, -0.2) is 69.4 Å². The molecule has 1 saturated carbocycles. The second-order valence-electron chi connectivity index (χ2n) is 9.34. The van der Waals surface area contributed by atoms with Gasteiger partial charge in [-0.2, -0.15) is 5.10 Å². The summed E-state index contributed by atoms with van der Waals surface area (Å²) >= 11 is 5.89. The first-order valence-electron chi connectivity index (χ1n) is 11.8. The smallest absolute Gasteiger partial charge is 0.240 e. The highest BCUT2D eigenvalue weighted by atomic mass is 35.5. The van der Waals surface area contributed by atoms with E-state index in [-0.39, 0.29) is 11.8 Å². The zero-order chi connectivity index (χ0) is 25.5. The lowest BCUT2D eigenvalue weighted by molar-refractivity contribution is 0.0299. The average Bonchev–Trinajstić information content (AvgIpc) is 3.54. The van der Waals surface area contributed by atoms with Gasteiger partial charge < -0.3 is 9.47 Å². The normalized spacial score (nSPS) is 18.4. The third kappa shape index (κ3) is 4.27. The van der Waals surface area contributed by atoms with Crippen LogP contribution in [0.4, 0.5) is 5.95 Å². The lowest BCUT2D eigenvalue weighted by atomic mass is 9.77. The van der Waals surface area contributed by atoms with Gasteiger partial charge >= 0.3 is 0 Å². The monoisotopic (exact) mass is 536 g/mol. The minimum Gasteiger partial charge on any atom is -0.382 e. The van der Waals surface area contributed by atoms with Gasteiger partial charge in [-0.15, -0.1) is 10.2 Å². The molecule has 36 heavy (non-hydrogen) atoms. The molecular weight excluding hydrogens is 508 g/mol. The van der Waals surface area contributed by atoms with Crippen molar-refractivity contribution in [2.75, 3.05) is 25.5 Å². The van der Waals surface area contributed by atoms with E-state index in [1.165, 1.54) is 26.4 Å². The molecule has 3 aromatic heterocycles. The molecule has 12 nitrogen and oxygen atoms in total. The van der Waals surface area contributed by atoms with E-state index in [9.17, 15) is 8.42 Å². The van der Waals surface area contributed by atoms with Crippen molar-refractivity contribution in [3.8, 4) is 11.5 Å². The van der Waals surface area contributed by atoms with Crippen LogP contribution in [0.5, 0.6) is 0 Å². The molecule has 2 N–H and O–H groups in total. The SMILES string of the molecule is COCC1(n2c(NS(=O)(=O)C(C)C(OC)c3ncc(Cl)cn3)nnc2-c2n[nH]c3c2CCC3)CCC1. The van der Waals surface area contributed by atoms with Crippen LogP contribution in [0.2, 0.25) is 5.02 Å². The predicted molar refractivity (Wildman–Crippen MR) is 132 cm³/mol. The fraction of sp³-hybridized carbons (Fsp3) is 0.591. The molecule has 0 spiro atoms. The van der Waals surface area contributed by atoms with Gasteiger partial charge in [0, 0.05) is 37.9 Å². The van der Waals surface area contributed by atoms with Crippen LogP contribution in [0.1, 0.15) is 55.8 Å². The standard InChI is InChI=1S/C22H29ClN8O4S/c1-13(18(35-3)19-24-10-14(23)11-25-19)36(32,33)30-21-29-28-20(17-15-6-4-7-16(15)26-27-17)31(21)22(12-34-2)8-5-9-22/h10-11,13,18H,4-9,12H2,1-3H3,(H,26,27)(H,29,30). The third-order valence-electron chi connectivity index (χ3n) is 7.15. The summed E-state index contributed by atoms with van der Waals surface area (Å²) in [4.78, 5) is 8.29. The van der Waals surface area contributed by atoms with Crippen molar-refractivity contribution in [1.29, 1.82) is 0 Å². The Morgan fingerprint density at radius 2 is 1.94 bits per heavy atom. The number of nitrogens with one attached hydrogen (secondary N) is 2. The minimum atomic E-state index is -4.01. The van der Waals surface area contributed by atoms with Gasteiger partial charge in [-0.1, -0.05) is 11.6 Å². The molecule has 2 unspecified atom stereocenters. The Kier molecular flexibility index (Phi) is 6.74. The summed E-state index contributed by atoms with van der Waals surface area (Å²) in [5.41, 5.74) is 2.44. The fourth-order valence-corrected chi connectivity index (χ4v) is 6.33. The first-order valence-corrected chi connectivity index (χ1v) is 13.8. The number of aromatic nitrogens is 7. The number of sulfonamides is 1. The molecule has 0 aliphatic heterocycles. The van der Waals surface area contributed by atoms with Crippen LogP contribution >= 0.6 is 11.6 Å². The lowest BCUT2D eigenvalue weighted by Crippen LogP contribution is -2.46. The first-order chi connectivity index (χ1) is 17.3. The molecule has 0 radical (unpaired) electrons. The zero-order valence-electron chi connectivity index (χ0n) is 20.4. The van der Waals surface area contributed by atoms with Crippen LogP contribution in [0.3, 0.4) is 0 Å². The van der Waals surface area contributed by atoms with Crippen LogP contribution in [0, 0.1) is 0 Å². The highest BCUT2D eigenvalue weighted by Crippen LogP contribution is 2.44. The summed E-state index contributed by atoms with van der Waals surface area (Å²) in [6.07, 6.45) is 7.34. The van der Waals surface area contributed by atoms with Crippen molar-refractivity contribution in [1.82, 2.24) is 34.9 Å². The van der Waals surface area contributed by atoms with E-state index in [2.05, 4.69) is 35.1 Å². The summed E-state index contributed by atoms with van der Waals surface area (Å²) in [5.74, 6) is 0.861. The Hall–Kier alpha value is -2.61. The number of halogens is 1. The number of aryl methyl sites for hydroxylation is 1. The lowest BCUT2D eigenvalue weighted by Gasteiger charge is -2.43. The summed E-state index contributed by atoms with van der Waals surface area (Å²) in [7, 11) is -0.964. The number of anilines is 1. The van der Waals surface area contributed by atoms with Gasteiger partial charge in [-0.05, 0) is 45.4 Å². The largest absolute Gasteiger partial charge is 0.382 e. The third-order valence-corrected chi connectivity index (χ3v) is 9.04. The highest BCUT2D eigenvalue weighted by molar-refractivity contribution is 7.93. The highest BCUT2D eigenvalue weighted by Gasteiger charge is 2.45. The van der Waals surface area contributed by atoms with Crippen molar-refractivity contribution in [3.63, 3.8) is 0 Å². The van der Waals surface area contributed by atoms with E-state index in [4.69, 9.17) is 21.1 Å². The number of ether oxygens (including phenoxy) is 2. The van der Waals surface area contributed by atoms with E-state index in [0.29, 0.717) is 23.1 Å². The molecule has 0 aromatic carbocycles. The van der Waals surface area contributed by atoms with E-state index < -0.39 is 26.9 Å². The number of rotatable bonds is 10. The van der Waals surface area contributed by atoms with Crippen molar-refractivity contribution < 1.29 is 17.9 Å². The maximum absolute atomic E-state index is 13.6. The molecule has 2 aliphatic rings. The average molecular weight is 537 g/mol. The Bertz CT molecular complexity index is 1340. The Morgan fingerprint density at radius 3 is 2.58 bits per heavy atom. The van der Waals surface area contributed by atoms with Gasteiger partial charge in [0.15, 0.2) is 11.6 Å². The second-order valence-corrected chi connectivity index (χ2v) is 11.8. The molecule has 14 heteroatoms. The number of hydrogen-bond acceptors (Lipinski definition) is 9. The molecule has 0 amide bonds. The van der Waals surface area contributed by atoms with Crippen LogP contribution < -0.4 is 4.72 Å². The molecule has 2 atom stereocenters. The summed E-state index contributed by atoms with van der Waals surface area (Å²) < 4.78 is 42.7. The molecule has 5 rings (SSSR count). The van der Waals surface area contributed by atoms with Gasteiger partial charge in [0.05, 0.1) is 17.2 Å². The van der Waals surface area contributed by atoms with Crippen molar-refractivity contribution >= 4 is 27.6 Å². The fourth-order valence-electron chi connectivity index (χ4n) is 5.10. The summed E-state index contributed by atoms with van der Waals surface area (Å²) in [5, 5.41) is 15.6. The van der Waals surface area contributed by atoms with Crippen molar-refractivity contribution in [2.24, 2.45) is 0 Å². The molecule has 3 aromatic rings. The number of hydrogen-bond donors (Lipinski definition) is 2. The molecule has 0 bridgehead atoms.